The number of hydrogen-bond acceptors (Lipinski definition) is 5. The molecule has 1 aliphatic heterocycles. The summed E-state index contributed by atoms with van der Waals surface area (Å²) in [6.45, 7) is 1.30. The third-order valence-corrected chi connectivity index (χ3v) is 6.61. The van der Waals surface area contributed by atoms with E-state index in [1.165, 1.54) is 11.3 Å². The smallest absolute Gasteiger partial charge is 0.261 e. The van der Waals surface area contributed by atoms with E-state index in [1.807, 2.05) is 29.6 Å². The molecule has 1 aromatic carbocycles. The van der Waals surface area contributed by atoms with Gasteiger partial charge in [0.1, 0.15) is 0 Å². The van der Waals surface area contributed by atoms with E-state index in [0.29, 0.717) is 24.4 Å². The highest BCUT2D eigenvalue weighted by Crippen LogP contribution is 2.43. The molecule has 4 rings (SSSR count). The van der Waals surface area contributed by atoms with Gasteiger partial charge in [-0.15, -0.1) is 11.3 Å². The Labute approximate surface area is 174 Å². The molecule has 6 nitrogen and oxygen atoms in total. The van der Waals surface area contributed by atoms with Gasteiger partial charge in [-0.25, -0.2) is 0 Å². The van der Waals surface area contributed by atoms with Crippen molar-refractivity contribution in [3.63, 3.8) is 0 Å². The number of fused-ring (bicyclic) bond motifs is 1. The van der Waals surface area contributed by atoms with Gasteiger partial charge in [0.2, 0.25) is 12.7 Å². The van der Waals surface area contributed by atoms with Crippen molar-refractivity contribution in [2.75, 3.05) is 19.9 Å². The van der Waals surface area contributed by atoms with Crippen LogP contribution in [0.15, 0.2) is 35.7 Å². The fraction of sp³-hybridized carbons (Fsp3) is 0.455. The molecule has 154 valence electrons. The molecule has 2 amide bonds. The number of ether oxygens (including phenoxy) is 2. The third kappa shape index (κ3) is 4.24. The third-order valence-electron chi connectivity index (χ3n) is 5.74. The van der Waals surface area contributed by atoms with E-state index in [1.54, 1.807) is 6.07 Å². The van der Waals surface area contributed by atoms with Crippen molar-refractivity contribution >= 4 is 23.2 Å². The van der Waals surface area contributed by atoms with Crippen molar-refractivity contribution in [3.8, 4) is 11.5 Å². The Kier molecular flexibility index (Phi) is 6.04. The number of thiophene rings is 1. The lowest BCUT2D eigenvalue weighted by atomic mass is 9.68. The highest BCUT2D eigenvalue weighted by molar-refractivity contribution is 7.12. The fourth-order valence-corrected chi connectivity index (χ4v) is 4.79. The summed E-state index contributed by atoms with van der Waals surface area (Å²) in [4.78, 5) is 25.9. The Morgan fingerprint density at radius 2 is 1.79 bits per heavy atom. The largest absolute Gasteiger partial charge is 0.454 e. The van der Waals surface area contributed by atoms with E-state index >= 15 is 0 Å². The highest BCUT2D eigenvalue weighted by Gasteiger charge is 2.41. The molecular weight excluding hydrogens is 388 g/mol. The molecule has 1 aromatic heterocycles. The van der Waals surface area contributed by atoms with Gasteiger partial charge in [0.25, 0.3) is 5.91 Å². The quantitative estimate of drug-likeness (QED) is 0.679. The van der Waals surface area contributed by atoms with Crippen molar-refractivity contribution < 1.29 is 19.1 Å². The Bertz CT molecular complexity index is 860. The first-order valence-electron chi connectivity index (χ1n) is 10.2. The molecule has 0 unspecified atom stereocenters. The number of carbonyl (C=O) groups is 2. The maximum absolute atomic E-state index is 13.2. The van der Waals surface area contributed by atoms with Crippen LogP contribution in [0.2, 0.25) is 0 Å². The highest BCUT2D eigenvalue weighted by atomic mass is 32.1. The SMILES string of the molecule is O=C(NCCCNC(=O)C1(c2ccc3c(c2)OCO3)CCCCC1)c1cccs1. The molecule has 0 atom stereocenters. The minimum absolute atomic E-state index is 0.0598. The summed E-state index contributed by atoms with van der Waals surface area (Å²) in [7, 11) is 0. The average molecular weight is 415 g/mol. The fourth-order valence-electron chi connectivity index (χ4n) is 4.15. The van der Waals surface area contributed by atoms with Gasteiger partial charge < -0.3 is 20.1 Å². The van der Waals surface area contributed by atoms with Crippen LogP contribution < -0.4 is 20.1 Å². The van der Waals surface area contributed by atoms with E-state index in [-0.39, 0.29) is 18.6 Å². The minimum atomic E-state index is -0.514. The van der Waals surface area contributed by atoms with Gasteiger partial charge >= 0.3 is 0 Å². The lowest BCUT2D eigenvalue weighted by Crippen LogP contribution is -2.46. The van der Waals surface area contributed by atoms with Gasteiger partial charge in [0, 0.05) is 13.1 Å². The summed E-state index contributed by atoms with van der Waals surface area (Å²) in [5.74, 6) is 1.47. The van der Waals surface area contributed by atoms with Crippen LogP contribution >= 0.6 is 11.3 Å². The molecule has 7 heteroatoms. The predicted molar refractivity (Wildman–Crippen MR) is 112 cm³/mol. The second-order valence-corrected chi connectivity index (χ2v) is 8.50. The second kappa shape index (κ2) is 8.86. The zero-order valence-corrected chi connectivity index (χ0v) is 17.2. The molecule has 0 saturated heterocycles. The van der Waals surface area contributed by atoms with E-state index in [2.05, 4.69) is 10.6 Å². The van der Waals surface area contributed by atoms with Gasteiger partial charge in [-0.3, -0.25) is 9.59 Å². The van der Waals surface area contributed by atoms with Crippen LogP contribution in [0.1, 0.15) is 53.8 Å². The summed E-state index contributed by atoms with van der Waals surface area (Å²) >= 11 is 1.42. The van der Waals surface area contributed by atoms with Gasteiger partial charge in [-0.2, -0.15) is 0 Å². The van der Waals surface area contributed by atoms with E-state index < -0.39 is 5.41 Å². The maximum atomic E-state index is 13.2. The van der Waals surface area contributed by atoms with Gasteiger partial charge in [-0.1, -0.05) is 31.4 Å². The number of carbonyl (C=O) groups excluding carboxylic acids is 2. The van der Waals surface area contributed by atoms with Crippen LogP contribution in [0.25, 0.3) is 0 Å². The molecule has 1 saturated carbocycles. The Hall–Kier alpha value is -2.54. The van der Waals surface area contributed by atoms with Crippen LogP contribution in [0.5, 0.6) is 11.5 Å². The topological polar surface area (TPSA) is 76.7 Å². The normalized spacial score (nSPS) is 17.0. The van der Waals surface area contributed by atoms with Crippen LogP contribution in [0.3, 0.4) is 0 Å². The zero-order valence-electron chi connectivity index (χ0n) is 16.4. The summed E-state index contributed by atoms with van der Waals surface area (Å²) in [5.41, 5.74) is 0.490. The standard InChI is InChI=1S/C22H26N2O4S/c25-20(19-6-4-13-29-19)23-11-5-12-24-21(26)22(9-2-1-3-10-22)16-7-8-17-18(14-16)28-15-27-17/h4,6-8,13-14H,1-3,5,9-12,15H2,(H,23,25)(H,24,26). The maximum Gasteiger partial charge on any atom is 0.261 e. The molecule has 2 heterocycles. The summed E-state index contributed by atoms with van der Waals surface area (Å²) in [5, 5.41) is 7.89. The first-order chi connectivity index (χ1) is 14.2. The molecule has 2 N–H and O–H groups in total. The molecule has 0 bridgehead atoms. The van der Waals surface area contributed by atoms with Crippen LogP contribution in [0, 0.1) is 0 Å². The molecule has 29 heavy (non-hydrogen) atoms. The van der Waals surface area contributed by atoms with Gasteiger partial charge in [0.05, 0.1) is 10.3 Å². The monoisotopic (exact) mass is 414 g/mol. The van der Waals surface area contributed by atoms with Crippen molar-refractivity contribution in [1.82, 2.24) is 10.6 Å². The zero-order chi connectivity index (χ0) is 20.1. The molecule has 1 fully saturated rings. The number of hydrogen-bond donors (Lipinski definition) is 2. The first-order valence-corrected chi connectivity index (χ1v) is 11.1. The molecule has 0 radical (unpaired) electrons. The molecule has 2 aromatic rings. The number of rotatable bonds is 7. The summed E-state index contributed by atoms with van der Waals surface area (Å²) < 4.78 is 10.9. The lowest BCUT2D eigenvalue weighted by molar-refractivity contribution is -0.128. The average Bonchev–Trinajstić information content (AvgIpc) is 3.45. The van der Waals surface area contributed by atoms with Crippen molar-refractivity contribution in [2.45, 2.75) is 43.9 Å². The Morgan fingerprint density at radius 3 is 2.59 bits per heavy atom. The second-order valence-electron chi connectivity index (χ2n) is 7.55. The van der Waals surface area contributed by atoms with Crippen molar-refractivity contribution in [2.24, 2.45) is 0 Å². The van der Waals surface area contributed by atoms with Crippen molar-refractivity contribution in [1.29, 1.82) is 0 Å². The van der Waals surface area contributed by atoms with E-state index in [4.69, 9.17) is 9.47 Å². The summed E-state index contributed by atoms with van der Waals surface area (Å²) in [6, 6.07) is 9.54. The Balaban J connectivity index is 1.35. The predicted octanol–water partition coefficient (Wildman–Crippen LogP) is 3.62. The van der Waals surface area contributed by atoms with Crippen molar-refractivity contribution in [3.05, 3.63) is 46.2 Å². The lowest BCUT2D eigenvalue weighted by Gasteiger charge is -2.36. The number of amides is 2. The molecular formula is C22H26N2O4S. The van der Waals surface area contributed by atoms with Crippen LogP contribution in [0.4, 0.5) is 0 Å². The minimum Gasteiger partial charge on any atom is -0.454 e. The van der Waals surface area contributed by atoms with Gasteiger partial charge in [0.15, 0.2) is 11.5 Å². The van der Waals surface area contributed by atoms with Crippen LogP contribution in [-0.2, 0) is 10.2 Å². The van der Waals surface area contributed by atoms with E-state index in [9.17, 15) is 9.59 Å². The number of nitrogens with one attached hydrogen (secondary N) is 2. The van der Waals surface area contributed by atoms with Crippen LogP contribution in [-0.4, -0.2) is 31.7 Å². The Morgan fingerprint density at radius 1 is 1.00 bits per heavy atom. The molecule has 2 aliphatic rings. The number of benzene rings is 1. The molecule has 1 aliphatic carbocycles. The van der Waals surface area contributed by atoms with Gasteiger partial charge in [-0.05, 0) is 48.4 Å². The first kappa shape index (κ1) is 19.8. The molecule has 0 spiro atoms. The summed E-state index contributed by atoms with van der Waals surface area (Å²) in [6.07, 6.45) is 5.62. The van der Waals surface area contributed by atoms with E-state index in [0.717, 1.165) is 49.2 Å².